The number of hydrogen-bond donors (Lipinski definition) is 4. The minimum atomic E-state index is -4.01. The first-order valence-electron chi connectivity index (χ1n) is 5.01. The van der Waals surface area contributed by atoms with Gasteiger partial charge < -0.3 is 20.6 Å². The Bertz CT molecular complexity index is 238. The quantitative estimate of drug-likeness (QED) is 0.383. The zero-order chi connectivity index (χ0) is 11.9. The summed E-state index contributed by atoms with van der Waals surface area (Å²) in [6.07, 6.45) is 4.25. The number of aliphatic hydroxyl groups is 1. The van der Waals surface area contributed by atoms with Crippen molar-refractivity contribution in [3.8, 4) is 0 Å². The van der Waals surface area contributed by atoms with Gasteiger partial charge in [0.1, 0.15) is 0 Å². The molecule has 2 atom stereocenters. The first-order valence-corrected chi connectivity index (χ1v) is 6.81. The Morgan fingerprint density at radius 1 is 1.47 bits per heavy atom. The molecule has 0 heterocycles. The average molecular weight is 237 g/mol. The van der Waals surface area contributed by atoms with Gasteiger partial charge in [-0.05, 0) is 12.8 Å². The van der Waals surface area contributed by atoms with Gasteiger partial charge in [-0.3, -0.25) is 4.57 Å². The predicted octanol–water partition coefficient (Wildman–Crippen LogP) is 0.599. The van der Waals surface area contributed by atoms with Gasteiger partial charge in [-0.2, -0.15) is 0 Å². The van der Waals surface area contributed by atoms with Crippen molar-refractivity contribution in [1.82, 2.24) is 0 Å². The highest BCUT2D eigenvalue weighted by Gasteiger charge is 2.18. The fraction of sp³-hybridized carbons (Fsp3) is 0.778. The van der Waals surface area contributed by atoms with Crippen LogP contribution in [-0.2, 0) is 4.57 Å². The number of hydrogen-bond acceptors (Lipinski definition) is 3. The topological polar surface area (TPSA) is 104 Å². The first kappa shape index (κ1) is 14.8. The molecule has 0 radical (unpaired) electrons. The summed E-state index contributed by atoms with van der Waals surface area (Å²) in [7, 11) is -4.01. The Balaban J connectivity index is 3.88. The summed E-state index contributed by atoms with van der Waals surface area (Å²) >= 11 is 0. The molecule has 0 saturated carbocycles. The van der Waals surface area contributed by atoms with Crippen molar-refractivity contribution in [3.05, 3.63) is 12.2 Å². The van der Waals surface area contributed by atoms with E-state index in [1.165, 1.54) is 0 Å². The van der Waals surface area contributed by atoms with Gasteiger partial charge in [0.05, 0.1) is 12.3 Å². The van der Waals surface area contributed by atoms with Crippen LogP contribution in [0.4, 0.5) is 0 Å². The molecule has 15 heavy (non-hydrogen) atoms. The minimum Gasteiger partial charge on any atom is -0.387 e. The van der Waals surface area contributed by atoms with Crippen molar-refractivity contribution in [2.45, 2.75) is 38.3 Å². The van der Waals surface area contributed by atoms with Crippen LogP contribution in [0, 0.1) is 0 Å². The Morgan fingerprint density at radius 2 is 2.07 bits per heavy atom. The first-order chi connectivity index (χ1) is 6.87. The monoisotopic (exact) mass is 237 g/mol. The highest BCUT2D eigenvalue weighted by atomic mass is 31.2. The summed E-state index contributed by atoms with van der Waals surface area (Å²) in [5.74, 6) is 0. The van der Waals surface area contributed by atoms with Crippen molar-refractivity contribution in [3.63, 3.8) is 0 Å². The number of allylic oxidation sites excluding steroid dienone is 1. The van der Waals surface area contributed by atoms with E-state index in [-0.39, 0.29) is 12.6 Å². The lowest BCUT2D eigenvalue weighted by atomic mass is 10.1. The third kappa shape index (κ3) is 8.78. The predicted molar refractivity (Wildman–Crippen MR) is 59.6 cm³/mol. The average Bonchev–Trinajstić information content (AvgIpc) is 2.13. The Hall–Kier alpha value is -0.190. The molecule has 0 spiro atoms. The van der Waals surface area contributed by atoms with Crippen LogP contribution in [0.2, 0.25) is 0 Å². The van der Waals surface area contributed by atoms with Gasteiger partial charge in [-0.1, -0.05) is 25.5 Å². The summed E-state index contributed by atoms with van der Waals surface area (Å²) in [6.45, 7) is 2.02. The SMILES string of the molecule is CCC/C=C/[C@@H](O)[C@@H](N)CCP(=O)(O)O. The Morgan fingerprint density at radius 3 is 2.53 bits per heavy atom. The van der Waals surface area contributed by atoms with Crippen molar-refractivity contribution in [2.24, 2.45) is 5.73 Å². The fourth-order valence-electron chi connectivity index (χ4n) is 1.03. The lowest BCUT2D eigenvalue weighted by molar-refractivity contribution is 0.188. The van der Waals surface area contributed by atoms with E-state index in [1.54, 1.807) is 6.08 Å². The lowest BCUT2D eigenvalue weighted by Crippen LogP contribution is -2.34. The van der Waals surface area contributed by atoms with Crippen LogP contribution < -0.4 is 5.73 Å². The number of aliphatic hydroxyl groups excluding tert-OH is 1. The van der Waals surface area contributed by atoms with Gasteiger partial charge in [0, 0.05) is 6.04 Å². The molecule has 5 nitrogen and oxygen atoms in total. The third-order valence-corrected chi connectivity index (χ3v) is 2.82. The van der Waals surface area contributed by atoms with Crippen LogP contribution in [0.5, 0.6) is 0 Å². The summed E-state index contributed by atoms with van der Waals surface area (Å²) in [5, 5.41) is 9.48. The standard InChI is InChI=1S/C9H20NO4P/c1-2-3-4-5-9(11)8(10)6-7-15(12,13)14/h4-5,8-9,11H,2-3,6-7,10H2,1H3,(H2,12,13,14)/b5-4+/t8-,9+/m0/s1. The van der Waals surface area contributed by atoms with E-state index < -0.39 is 19.7 Å². The van der Waals surface area contributed by atoms with E-state index in [9.17, 15) is 9.67 Å². The van der Waals surface area contributed by atoms with Crippen molar-refractivity contribution in [1.29, 1.82) is 0 Å². The molecule has 0 bridgehead atoms. The van der Waals surface area contributed by atoms with Gasteiger partial charge in [-0.25, -0.2) is 0 Å². The molecule has 5 N–H and O–H groups in total. The second-order valence-corrected chi connectivity index (χ2v) is 5.32. The van der Waals surface area contributed by atoms with E-state index >= 15 is 0 Å². The summed E-state index contributed by atoms with van der Waals surface area (Å²) in [6, 6.07) is -0.620. The van der Waals surface area contributed by atoms with Crippen LogP contribution in [-0.4, -0.2) is 33.2 Å². The van der Waals surface area contributed by atoms with Crippen LogP contribution in [0.25, 0.3) is 0 Å². The molecule has 90 valence electrons. The second kappa shape index (κ2) is 7.14. The van der Waals surface area contributed by atoms with Gasteiger partial charge in [0.15, 0.2) is 0 Å². The maximum absolute atomic E-state index is 10.6. The smallest absolute Gasteiger partial charge is 0.325 e. The molecular formula is C9H20NO4P. The summed E-state index contributed by atoms with van der Waals surface area (Å²) in [4.78, 5) is 17.2. The maximum Gasteiger partial charge on any atom is 0.325 e. The van der Waals surface area contributed by atoms with Crippen molar-refractivity contribution >= 4 is 7.60 Å². The molecular weight excluding hydrogens is 217 g/mol. The molecule has 0 aromatic heterocycles. The molecule has 0 saturated heterocycles. The number of nitrogens with two attached hydrogens (primary N) is 1. The zero-order valence-electron chi connectivity index (χ0n) is 8.91. The van der Waals surface area contributed by atoms with Crippen molar-refractivity contribution in [2.75, 3.05) is 6.16 Å². The van der Waals surface area contributed by atoms with Crippen molar-refractivity contribution < 1.29 is 19.5 Å². The van der Waals surface area contributed by atoms with Crippen LogP contribution in [0.1, 0.15) is 26.2 Å². The third-order valence-electron chi connectivity index (χ3n) is 1.98. The second-order valence-electron chi connectivity index (χ2n) is 3.55. The van der Waals surface area contributed by atoms with E-state index in [2.05, 4.69) is 0 Å². The molecule has 0 amide bonds. The van der Waals surface area contributed by atoms with Crippen LogP contribution >= 0.6 is 7.60 Å². The molecule has 0 unspecified atom stereocenters. The normalized spacial score (nSPS) is 16.9. The summed E-state index contributed by atoms with van der Waals surface area (Å²) < 4.78 is 10.6. The molecule has 0 aromatic rings. The number of rotatable bonds is 7. The molecule has 0 aromatic carbocycles. The van der Waals surface area contributed by atoms with Crippen LogP contribution in [0.15, 0.2) is 12.2 Å². The summed E-state index contributed by atoms with van der Waals surface area (Å²) in [5.41, 5.74) is 5.56. The molecule has 0 aliphatic carbocycles. The maximum atomic E-state index is 10.6. The molecule has 0 fully saturated rings. The van der Waals surface area contributed by atoms with E-state index in [0.717, 1.165) is 12.8 Å². The largest absolute Gasteiger partial charge is 0.387 e. The van der Waals surface area contributed by atoms with Crippen LogP contribution in [0.3, 0.4) is 0 Å². The lowest BCUT2D eigenvalue weighted by Gasteiger charge is -2.15. The zero-order valence-corrected chi connectivity index (χ0v) is 9.81. The minimum absolute atomic E-state index is 0.113. The Kier molecular flexibility index (Phi) is 7.05. The highest BCUT2D eigenvalue weighted by molar-refractivity contribution is 7.51. The molecule has 0 aliphatic rings. The van der Waals surface area contributed by atoms with E-state index in [0.29, 0.717) is 0 Å². The van der Waals surface area contributed by atoms with Gasteiger partial charge in [0.25, 0.3) is 0 Å². The molecule has 0 rings (SSSR count). The highest BCUT2D eigenvalue weighted by Crippen LogP contribution is 2.35. The van der Waals surface area contributed by atoms with Gasteiger partial charge in [-0.15, -0.1) is 0 Å². The molecule has 0 aliphatic heterocycles. The van der Waals surface area contributed by atoms with Gasteiger partial charge >= 0.3 is 7.60 Å². The Labute approximate surface area is 90.2 Å². The van der Waals surface area contributed by atoms with E-state index in [4.69, 9.17) is 15.5 Å². The van der Waals surface area contributed by atoms with Gasteiger partial charge in [0.2, 0.25) is 0 Å². The molecule has 6 heteroatoms. The number of unbranched alkanes of at least 4 members (excludes halogenated alkanes) is 1. The fourth-order valence-corrected chi connectivity index (χ4v) is 1.67. The van der Waals surface area contributed by atoms with E-state index in [1.807, 2.05) is 13.0 Å².